The van der Waals surface area contributed by atoms with Crippen molar-refractivity contribution in [2.75, 3.05) is 0 Å². The summed E-state index contributed by atoms with van der Waals surface area (Å²) in [5.41, 5.74) is 1.77. The van der Waals surface area contributed by atoms with E-state index in [1.54, 1.807) is 0 Å². The number of rotatable bonds is 3. The lowest BCUT2D eigenvalue weighted by atomic mass is 9.46. The summed E-state index contributed by atoms with van der Waals surface area (Å²) in [6, 6.07) is 0. The van der Waals surface area contributed by atoms with Crippen LogP contribution in [0.1, 0.15) is 59.3 Å². The topological polar surface area (TPSA) is 66.8 Å². The molecule has 0 unspecified atom stereocenters. The van der Waals surface area contributed by atoms with Gasteiger partial charge in [0.2, 0.25) is 6.29 Å². The molecule has 1 aliphatic heterocycles. The standard InChI is InChI=1S/C20H30O4/c1-12-7-9-20(4)13(2)15(21)5-6-16(20)19(12,3)10-8-14-11-17(22)24-18(14)23/h11-12,15-16,18,21,23H,2,5-10H2,1,3-4H3/t12-,15+,16-,18+,19+,20+/m1/s1. The maximum atomic E-state index is 11.3. The lowest BCUT2D eigenvalue weighted by Gasteiger charge is -2.59. The first kappa shape index (κ1) is 17.7. The molecule has 0 aromatic rings. The molecular formula is C20H30O4. The summed E-state index contributed by atoms with van der Waals surface area (Å²) >= 11 is 0. The summed E-state index contributed by atoms with van der Waals surface area (Å²) in [6.07, 6.45) is 5.56. The van der Waals surface area contributed by atoms with E-state index >= 15 is 0 Å². The summed E-state index contributed by atoms with van der Waals surface area (Å²) < 4.78 is 4.81. The van der Waals surface area contributed by atoms with E-state index in [1.165, 1.54) is 6.08 Å². The molecule has 3 rings (SSSR count). The number of carbonyl (C=O) groups excluding carboxylic acids is 1. The second-order valence-corrected chi connectivity index (χ2v) is 8.54. The number of ether oxygens (including phenoxy) is 1. The predicted octanol–water partition coefficient (Wildman–Crippen LogP) is 3.34. The fraction of sp³-hybridized carbons (Fsp3) is 0.750. The van der Waals surface area contributed by atoms with Crippen molar-refractivity contribution in [2.45, 2.75) is 71.7 Å². The van der Waals surface area contributed by atoms with Gasteiger partial charge in [-0.15, -0.1) is 0 Å². The Morgan fingerprint density at radius 3 is 2.62 bits per heavy atom. The van der Waals surface area contributed by atoms with Crippen LogP contribution in [0.25, 0.3) is 0 Å². The maximum absolute atomic E-state index is 11.3. The molecule has 0 spiro atoms. The van der Waals surface area contributed by atoms with Crippen LogP contribution >= 0.6 is 0 Å². The van der Waals surface area contributed by atoms with Crippen molar-refractivity contribution in [3.05, 3.63) is 23.8 Å². The Bertz CT molecular complexity index is 580. The molecule has 2 saturated carbocycles. The number of aliphatic hydroxyl groups excluding tert-OH is 2. The number of hydrogen-bond donors (Lipinski definition) is 2. The number of hydrogen-bond acceptors (Lipinski definition) is 4. The largest absolute Gasteiger partial charge is 0.429 e. The highest BCUT2D eigenvalue weighted by Crippen LogP contribution is 2.62. The third-order valence-corrected chi connectivity index (χ3v) is 7.45. The lowest BCUT2D eigenvalue weighted by Crippen LogP contribution is -2.52. The van der Waals surface area contributed by atoms with Crippen LogP contribution in [0, 0.1) is 22.7 Å². The Morgan fingerprint density at radius 1 is 1.29 bits per heavy atom. The fourth-order valence-corrected chi connectivity index (χ4v) is 5.48. The van der Waals surface area contributed by atoms with E-state index in [4.69, 9.17) is 4.74 Å². The average Bonchev–Trinajstić information content (AvgIpc) is 2.85. The molecular weight excluding hydrogens is 304 g/mol. The van der Waals surface area contributed by atoms with Crippen LogP contribution < -0.4 is 0 Å². The van der Waals surface area contributed by atoms with Gasteiger partial charge in [-0.2, -0.15) is 0 Å². The van der Waals surface area contributed by atoms with Gasteiger partial charge in [0, 0.05) is 11.6 Å². The van der Waals surface area contributed by atoms with Gasteiger partial charge >= 0.3 is 5.97 Å². The Labute approximate surface area is 144 Å². The van der Waals surface area contributed by atoms with Gasteiger partial charge in [-0.3, -0.25) is 0 Å². The van der Waals surface area contributed by atoms with Gasteiger partial charge in [0.25, 0.3) is 0 Å². The molecule has 0 aromatic carbocycles. The fourth-order valence-electron chi connectivity index (χ4n) is 5.48. The lowest BCUT2D eigenvalue weighted by molar-refractivity contribution is -0.151. The minimum Gasteiger partial charge on any atom is -0.429 e. The molecule has 4 heteroatoms. The SMILES string of the molecule is C=C1[C@@H](O)CC[C@@H]2[C@@](C)(CCC3=CC(=O)O[C@@H]3O)[C@H](C)CC[C@@]12C. The van der Waals surface area contributed by atoms with Crippen LogP contribution in [0.5, 0.6) is 0 Å². The molecule has 2 fully saturated rings. The average molecular weight is 334 g/mol. The monoisotopic (exact) mass is 334 g/mol. The van der Waals surface area contributed by atoms with Gasteiger partial charge in [-0.05, 0) is 66.8 Å². The zero-order valence-electron chi connectivity index (χ0n) is 15.0. The Hall–Kier alpha value is -1.13. The van der Waals surface area contributed by atoms with Gasteiger partial charge in [-0.25, -0.2) is 4.79 Å². The normalized spacial score (nSPS) is 45.6. The van der Waals surface area contributed by atoms with Crippen molar-refractivity contribution in [3.8, 4) is 0 Å². The summed E-state index contributed by atoms with van der Waals surface area (Å²) in [5, 5.41) is 20.1. The smallest absolute Gasteiger partial charge is 0.333 e. The van der Waals surface area contributed by atoms with E-state index in [1.807, 2.05) is 0 Å². The van der Waals surface area contributed by atoms with Crippen molar-refractivity contribution in [1.82, 2.24) is 0 Å². The second kappa shape index (κ2) is 5.99. The molecule has 6 atom stereocenters. The minimum absolute atomic E-state index is 0.0199. The van der Waals surface area contributed by atoms with E-state index in [9.17, 15) is 15.0 Å². The van der Waals surface area contributed by atoms with E-state index in [-0.39, 0.29) is 16.9 Å². The maximum Gasteiger partial charge on any atom is 0.333 e. The first-order valence-corrected chi connectivity index (χ1v) is 9.15. The van der Waals surface area contributed by atoms with Crippen molar-refractivity contribution >= 4 is 5.97 Å². The van der Waals surface area contributed by atoms with E-state index in [2.05, 4.69) is 27.4 Å². The summed E-state index contributed by atoms with van der Waals surface area (Å²) in [4.78, 5) is 11.3. The van der Waals surface area contributed by atoms with Gasteiger partial charge in [0.05, 0.1) is 6.10 Å². The first-order chi connectivity index (χ1) is 11.2. The third kappa shape index (κ3) is 2.64. The van der Waals surface area contributed by atoms with Gasteiger partial charge < -0.3 is 14.9 Å². The number of cyclic esters (lactones) is 1. The quantitative estimate of drug-likeness (QED) is 0.614. The molecule has 3 aliphatic rings. The number of esters is 1. The summed E-state index contributed by atoms with van der Waals surface area (Å²) in [5.74, 6) is 0.591. The Kier molecular flexibility index (Phi) is 4.42. The molecule has 1 heterocycles. The van der Waals surface area contributed by atoms with Crippen molar-refractivity contribution < 1.29 is 19.7 Å². The van der Waals surface area contributed by atoms with Crippen LogP contribution in [0.15, 0.2) is 23.8 Å². The zero-order chi connectivity index (χ0) is 17.7. The first-order valence-electron chi connectivity index (χ1n) is 9.15. The molecule has 0 amide bonds. The molecule has 4 nitrogen and oxygen atoms in total. The van der Waals surface area contributed by atoms with Crippen LogP contribution in [0.2, 0.25) is 0 Å². The van der Waals surface area contributed by atoms with Gasteiger partial charge in [-0.1, -0.05) is 27.4 Å². The van der Waals surface area contributed by atoms with Crippen molar-refractivity contribution in [2.24, 2.45) is 22.7 Å². The third-order valence-electron chi connectivity index (χ3n) is 7.45. The molecule has 134 valence electrons. The van der Waals surface area contributed by atoms with Gasteiger partial charge in [0.15, 0.2) is 0 Å². The predicted molar refractivity (Wildman–Crippen MR) is 91.9 cm³/mol. The highest BCUT2D eigenvalue weighted by molar-refractivity contribution is 5.85. The molecule has 2 aliphatic carbocycles. The highest BCUT2D eigenvalue weighted by atomic mass is 16.6. The molecule has 0 aromatic heterocycles. The number of carbonyl (C=O) groups is 1. The van der Waals surface area contributed by atoms with Crippen molar-refractivity contribution in [3.63, 3.8) is 0 Å². The zero-order valence-corrected chi connectivity index (χ0v) is 15.0. The minimum atomic E-state index is -1.07. The Balaban J connectivity index is 1.82. The summed E-state index contributed by atoms with van der Waals surface area (Å²) in [7, 11) is 0. The molecule has 24 heavy (non-hydrogen) atoms. The van der Waals surface area contributed by atoms with Crippen LogP contribution in [-0.4, -0.2) is 28.6 Å². The second-order valence-electron chi connectivity index (χ2n) is 8.54. The van der Waals surface area contributed by atoms with E-state index in [0.29, 0.717) is 23.8 Å². The van der Waals surface area contributed by atoms with Crippen LogP contribution in [0.3, 0.4) is 0 Å². The molecule has 2 N–H and O–H groups in total. The molecule has 0 bridgehead atoms. The summed E-state index contributed by atoms with van der Waals surface area (Å²) in [6.45, 7) is 11.2. The molecule has 0 saturated heterocycles. The van der Waals surface area contributed by atoms with Crippen LogP contribution in [0.4, 0.5) is 0 Å². The number of aliphatic hydroxyl groups is 2. The highest BCUT2D eigenvalue weighted by Gasteiger charge is 2.55. The van der Waals surface area contributed by atoms with Gasteiger partial charge in [0.1, 0.15) is 0 Å². The van der Waals surface area contributed by atoms with Crippen LogP contribution in [-0.2, 0) is 9.53 Å². The van der Waals surface area contributed by atoms with E-state index < -0.39 is 12.3 Å². The van der Waals surface area contributed by atoms with Crippen molar-refractivity contribution in [1.29, 1.82) is 0 Å². The van der Waals surface area contributed by atoms with E-state index in [0.717, 1.165) is 37.7 Å². The molecule has 0 radical (unpaired) electrons. The Morgan fingerprint density at radius 2 is 2.00 bits per heavy atom. The number of fused-ring (bicyclic) bond motifs is 1.